The van der Waals surface area contributed by atoms with Gasteiger partial charge in [-0.05, 0) is 60.7 Å². The van der Waals surface area contributed by atoms with Crippen molar-refractivity contribution in [2.75, 3.05) is 43.8 Å². The molecule has 1 saturated heterocycles. The smallest absolute Gasteiger partial charge is 0.393 e. The summed E-state index contributed by atoms with van der Waals surface area (Å²) in [4.78, 5) is 9.12. The second-order valence-corrected chi connectivity index (χ2v) is 12.6. The Kier molecular flexibility index (Phi) is 9.07. The molecule has 2 aromatic carbocycles. The molecule has 0 bridgehead atoms. The molecule has 4 aromatic rings. The molecule has 0 amide bonds. The number of anilines is 2. The number of alkyl halides is 3. The molecular weight excluding hydrogens is 620 g/mol. The highest BCUT2D eigenvalue weighted by molar-refractivity contribution is 7.92. The molecule has 5 rings (SSSR count). The van der Waals surface area contributed by atoms with Crippen molar-refractivity contribution in [3.8, 4) is 22.9 Å². The van der Waals surface area contributed by atoms with Crippen LogP contribution in [0.15, 0.2) is 36.5 Å². The normalized spacial score (nSPS) is 15.7. The lowest BCUT2D eigenvalue weighted by Crippen LogP contribution is -2.26. The van der Waals surface area contributed by atoms with Crippen molar-refractivity contribution in [2.24, 2.45) is 0 Å². The average molecular weight is 653 g/mol. The van der Waals surface area contributed by atoms with Crippen LogP contribution in [-0.4, -0.2) is 68.5 Å². The number of hydrogen-bond donors (Lipinski definition) is 1. The molecule has 11 nitrogen and oxygen atoms in total. The van der Waals surface area contributed by atoms with Gasteiger partial charge in [0.25, 0.3) is 0 Å². The van der Waals surface area contributed by atoms with Crippen molar-refractivity contribution < 1.29 is 40.2 Å². The van der Waals surface area contributed by atoms with E-state index in [9.17, 15) is 26.0 Å². The molecule has 0 spiro atoms. The van der Waals surface area contributed by atoms with Crippen LogP contribution in [0.5, 0.6) is 11.5 Å². The third-order valence-corrected chi connectivity index (χ3v) is 8.65. The Morgan fingerprint density at radius 1 is 1.11 bits per heavy atom. The SMILES string of the molecule is COc1ccc(N(C)S(C)(=O)=O)c(CNc2nc(-c3cc(F)c(OC)cc3CC(F)(F)F)nc3c2cnn3C2CCCCO2)c1. The number of halogens is 4. The summed E-state index contributed by atoms with van der Waals surface area (Å²) in [7, 11) is 0.427. The van der Waals surface area contributed by atoms with Gasteiger partial charge < -0.3 is 19.5 Å². The van der Waals surface area contributed by atoms with Gasteiger partial charge in [-0.3, -0.25) is 4.31 Å². The molecule has 1 atom stereocenters. The number of ether oxygens (including phenoxy) is 3. The van der Waals surface area contributed by atoms with E-state index in [0.29, 0.717) is 35.4 Å². The molecule has 1 N–H and O–H groups in total. The molecule has 0 radical (unpaired) electrons. The molecule has 242 valence electrons. The molecule has 45 heavy (non-hydrogen) atoms. The van der Waals surface area contributed by atoms with E-state index >= 15 is 0 Å². The van der Waals surface area contributed by atoms with Crippen molar-refractivity contribution >= 4 is 32.6 Å². The van der Waals surface area contributed by atoms with E-state index in [1.165, 1.54) is 20.4 Å². The van der Waals surface area contributed by atoms with Crippen LogP contribution in [0.1, 0.15) is 36.6 Å². The summed E-state index contributed by atoms with van der Waals surface area (Å²) in [6, 6.07) is 6.78. The maximum absolute atomic E-state index is 15.0. The first-order valence-corrected chi connectivity index (χ1v) is 15.8. The van der Waals surface area contributed by atoms with Crippen molar-refractivity contribution in [1.82, 2.24) is 19.7 Å². The first-order chi connectivity index (χ1) is 21.3. The van der Waals surface area contributed by atoms with E-state index in [1.54, 1.807) is 22.9 Å². The van der Waals surface area contributed by atoms with Crippen LogP contribution in [0.3, 0.4) is 0 Å². The summed E-state index contributed by atoms with van der Waals surface area (Å²) in [5, 5.41) is 8.07. The fourth-order valence-corrected chi connectivity index (χ4v) is 5.66. The van der Waals surface area contributed by atoms with E-state index in [-0.39, 0.29) is 40.7 Å². The molecule has 16 heteroatoms. The number of nitrogens with one attached hydrogen (secondary N) is 1. The van der Waals surface area contributed by atoms with Gasteiger partial charge in [-0.15, -0.1) is 0 Å². The van der Waals surface area contributed by atoms with E-state index < -0.39 is 34.7 Å². The zero-order chi connectivity index (χ0) is 32.5. The van der Waals surface area contributed by atoms with E-state index in [1.807, 2.05) is 0 Å². The molecule has 0 aliphatic carbocycles. The Morgan fingerprint density at radius 3 is 2.53 bits per heavy atom. The van der Waals surface area contributed by atoms with Crippen LogP contribution in [0, 0.1) is 5.82 Å². The first-order valence-electron chi connectivity index (χ1n) is 13.9. The maximum atomic E-state index is 15.0. The molecule has 2 aromatic heterocycles. The van der Waals surface area contributed by atoms with Crippen LogP contribution in [0.2, 0.25) is 0 Å². The lowest BCUT2D eigenvalue weighted by Gasteiger charge is -2.23. The summed E-state index contributed by atoms with van der Waals surface area (Å²) < 4.78 is 99.5. The number of hydrogen-bond acceptors (Lipinski definition) is 9. The molecule has 1 unspecified atom stereocenters. The standard InChI is InChI=1S/C29H32F4N6O5S/c1-38(45(4,40)41)23-9-8-19(42-2)11-18(23)15-34-26-21-16-35-39(25-7-5-6-10-44-25)28(21)37-27(36-26)20-13-22(30)24(43-3)12-17(20)14-29(31,32)33/h8-9,11-13,16,25H,5-7,10,14-15H2,1-4H3,(H,34,36,37). The van der Waals surface area contributed by atoms with Crippen molar-refractivity contribution in [2.45, 2.75) is 44.6 Å². The highest BCUT2D eigenvalue weighted by Gasteiger charge is 2.31. The van der Waals surface area contributed by atoms with Gasteiger partial charge in [-0.2, -0.15) is 18.3 Å². The number of aromatic nitrogens is 4. The number of sulfonamides is 1. The molecule has 0 saturated carbocycles. The number of nitrogens with zero attached hydrogens (tertiary/aromatic N) is 5. The van der Waals surface area contributed by atoms with E-state index in [2.05, 4.69) is 20.4 Å². The van der Waals surface area contributed by atoms with Crippen molar-refractivity contribution in [3.63, 3.8) is 0 Å². The average Bonchev–Trinajstić information content (AvgIpc) is 3.43. The molecule has 1 fully saturated rings. The zero-order valence-corrected chi connectivity index (χ0v) is 25.8. The Balaban J connectivity index is 1.66. The number of rotatable bonds is 10. The lowest BCUT2D eigenvalue weighted by atomic mass is 10.0. The summed E-state index contributed by atoms with van der Waals surface area (Å²) in [5.41, 5.74) is 0.699. The lowest BCUT2D eigenvalue weighted by molar-refractivity contribution is -0.127. The van der Waals surface area contributed by atoms with Crippen LogP contribution in [0.4, 0.5) is 29.1 Å². The Morgan fingerprint density at radius 2 is 1.89 bits per heavy atom. The Labute approximate surface area is 257 Å². The fourth-order valence-electron chi connectivity index (χ4n) is 5.13. The van der Waals surface area contributed by atoms with Gasteiger partial charge in [0.05, 0.1) is 44.2 Å². The third-order valence-electron chi connectivity index (χ3n) is 7.46. The summed E-state index contributed by atoms with van der Waals surface area (Å²) in [5.74, 6) is -0.757. The number of fused-ring (bicyclic) bond motifs is 1. The maximum Gasteiger partial charge on any atom is 0.393 e. The van der Waals surface area contributed by atoms with Crippen molar-refractivity contribution in [3.05, 3.63) is 53.5 Å². The Bertz CT molecular complexity index is 1810. The molecule has 3 heterocycles. The van der Waals surface area contributed by atoms with E-state index in [0.717, 1.165) is 42.6 Å². The highest BCUT2D eigenvalue weighted by atomic mass is 32.2. The third kappa shape index (κ3) is 7.06. The van der Waals surface area contributed by atoms with Crippen LogP contribution in [0.25, 0.3) is 22.4 Å². The molecule has 1 aliphatic heterocycles. The predicted octanol–water partition coefficient (Wildman–Crippen LogP) is 5.46. The second-order valence-electron chi connectivity index (χ2n) is 10.6. The van der Waals surface area contributed by atoms with Gasteiger partial charge in [0.15, 0.2) is 29.3 Å². The van der Waals surface area contributed by atoms with Crippen LogP contribution < -0.4 is 19.1 Å². The van der Waals surface area contributed by atoms with Gasteiger partial charge in [0, 0.05) is 25.8 Å². The minimum absolute atomic E-state index is 0.0233. The summed E-state index contributed by atoms with van der Waals surface area (Å²) in [6.07, 6.45) is -1.49. The first kappa shape index (κ1) is 32.2. The van der Waals surface area contributed by atoms with Crippen LogP contribution >= 0.6 is 0 Å². The number of methoxy groups -OCH3 is 2. The fraction of sp³-hybridized carbons (Fsp3) is 0.414. The van der Waals surface area contributed by atoms with Crippen LogP contribution in [-0.2, 0) is 27.7 Å². The minimum Gasteiger partial charge on any atom is -0.497 e. The largest absolute Gasteiger partial charge is 0.497 e. The minimum atomic E-state index is -4.62. The van der Waals surface area contributed by atoms with Gasteiger partial charge in [-0.25, -0.2) is 27.5 Å². The quantitative estimate of drug-likeness (QED) is 0.223. The van der Waals surface area contributed by atoms with Gasteiger partial charge >= 0.3 is 6.18 Å². The molecule has 1 aliphatic rings. The second kappa shape index (κ2) is 12.7. The zero-order valence-electron chi connectivity index (χ0n) is 25.0. The van der Waals surface area contributed by atoms with Gasteiger partial charge in [-0.1, -0.05) is 0 Å². The summed E-state index contributed by atoms with van der Waals surface area (Å²) >= 11 is 0. The van der Waals surface area contributed by atoms with Gasteiger partial charge in [0.1, 0.15) is 11.6 Å². The predicted molar refractivity (Wildman–Crippen MR) is 159 cm³/mol. The molecular formula is C29H32F4N6O5S. The monoisotopic (exact) mass is 652 g/mol. The highest BCUT2D eigenvalue weighted by Crippen LogP contribution is 2.36. The van der Waals surface area contributed by atoms with Gasteiger partial charge in [0.2, 0.25) is 10.0 Å². The Hall–Kier alpha value is -4.18. The topological polar surface area (TPSA) is 121 Å². The van der Waals surface area contributed by atoms with E-state index in [4.69, 9.17) is 14.2 Å². The number of benzene rings is 2. The van der Waals surface area contributed by atoms with Crippen molar-refractivity contribution in [1.29, 1.82) is 0 Å². The summed E-state index contributed by atoms with van der Waals surface area (Å²) in [6.45, 7) is 0.524.